The van der Waals surface area contributed by atoms with Crippen molar-refractivity contribution in [1.82, 2.24) is 0 Å². The Kier molecular flexibility index (Phi) is 12.6. The summed E-state index contributed by atoms with van der Waals surface area (Å²) >= 11 is 2.94. The van der Waals surface area contributed by atoms with Gasteiger partial charge in [-0.2, -0.15) is 0 Å². The monoisotopic (exact) mass is 878 g/mol. The van der Waals surface area contributed by atoms with Crippen LogP contribution in [0.25, 0.3) is 55.2 Å². The van der Waals surface area contributed by atoms with Crippen LogP contribution in [0.1, 0.15) is 64.9 Å². The normalized spacial score (nSPS) is 11.4. The fourth-order valence-corrected chi connectivity index (χ4v) is 7.13. The Balaban J connectivity index is 0.000000153. The third kappa shape index (κ3) is 8.27. The van der Waals surface area contributed by atoms with Gasteiger partial charge in [-0.25, -0.2) is 13.2 Å². The predicted octanol–water partition coefficient (Wildman–Crippen LogP) is 11.0. The molecule has 0 fully saturated rings. The first-order valence-electron chi connectivity index (χ1n) is 18.3. The van der Waals surface area contributed by atoms with Gasteiger partial charge in [0.1, 0.15) is 66.7 Å². The van der Waals surface area contributed by atoms with Gasteiger partial charge in [0.2, 0.25) is 16.3 Å². The summed E-state index contributed by atoms with van der Waals surface area (Å²) in [7, 11) is 0. The molecule has 0 saturated carbocycles. The molecule has 8 rings (SSSR count). The van der Waals surface area contributed by atoms with Gasteiger partial charge in [-0.1, -0.05) is 66.7 Å². The molecular weight excluding hydrogens is 845 g/mol. The van der Waals surface area contributed by atoms with Crippen molar-refractivity contribution in [3.63, 3.8) is 0 Å². The molecule has 3 aromatic heterocycles. The molecule has 0 bridgehead atoms. The Morgan fingerprint density at radius 2 is 0.933 bits per heavy atom. The molecular formula is C47H34BrF3O9. The van der Waals surface area contributed by atoms with E-state index in [-0.39, 0.29) is 71.6 Å². The molecule has 0 spiro atoms. The summed E-state index contributed by atoms with van der Waals surface area (Å²) in [5.74, 6) is -2.70. The average molecular weight is 880 g/mol. The number of halogens is 4. The number of hydrogen-bond acceptors (Lipinski definition) is 9. The van der Waals surface area contributed by atoms with Crippen LogP contribution >= 0.6 is 15.9 Å². The van der Waals surface area contributed by atoms with E-state index < -0.39 is 45.6 Å². The second-order valence-electron chi connectivity index (χ2n) is 13.6. The van der Waals surface area contributed by atoms with Gasteiger partial charge in [0, 0.05) is 13.8 Å². The first kappa shape index (κ1) is 42.9. The first-order valence-corrected chi connectivity index (χ1v) is 19.1. The van der Waals surface area contributed by atoms with Crippen molar-refractivity contribution in [2.24, 2.45) is 0 Å². The molecule has 0 amide bonds. The molecule has 5 aromatic carbocycles. The van der Waals surface area contributed by atoms with Crippen LogP contribution < -0.4 is 16.3 Å². The zero-order valence-corrected chi connectivity index (χ0v) is 34.2. The Labute approximate surface area is 347 Å². The molecule has 3 heterocycles. The van der Waals surface area contributed by atoms with Crippen LogP contribution in [0.15, 0.2) is 135 Å². The highest BCUT2D eigenvalue weighted by atomic mass is 79.9. The molecule has 0 aliphatic rings. The Morgan fingerprint density at radius 3 is 1.37 bits per heavy atom. The summed E-state index contributed by atoms with van der Waals surface area (Å²) < 4.78 is 57.8. The quantitative estimate of drug-likeness (QED) is 0.167. The van der Waals surface area contributed by atoms with Crippen LogP contribution in [-0.4, -0.2) is 16.7 Å². The maximum absolute atomic E-state index is 14.1. The highest BCUT2D eigenvalue weighted by molar-refractivity contribution is 9.10. The summed E-state index contributed by atoms with van der Waals surface area (Å²) in [6.07, 6.45) is -0.977. The number of aliphatic hydroxyl groups is 1. The lowest BCUT2D eigenvalue weighted by Crippen LogP contribution is -2.13. The Hall–Kier alpha value is -6.70. The minimum Gasteiger partial charge on any atom is -0.457 e. The standard InChI is InChI=1S/C18H15FO3.C18H13FO3.C11H6BrFO3/c2*1-10-6-3-4-7-12(10)15-17(21)16-13(19)8-5-9-14(16)22-18(15)11(2)20;1-5(14)11-9(12)10(15)8-6(13)3-2-4-7(8)16-11/h3-9,11,20H,1-2H3;3-9H,1-2H3;2-4H,1H3. The van der Waals surface area contributed by atoms with E-state index in [9.17, 15) is 42.3 Å². The van der Waals surface area contributed by atoms with Gasteiger partial charge in [-0.15, -0.1) is 0 Å². The van der Waals surface area contributed by atoms with Crippen molar-refractivity contribution >= 4 is 60.4 Å². The van der Waals surface area contributed by atoms with Crippen molar-refractivity contribution in [3.05, 3.63) is 184 Å². The molecule has 8 aromatic rings. The summed E-state index contributed by atoms with van der Waals surface area (Å²) in [5.41, 5.74) is 1.91. The van der Waals surface area contributed by atoms with Crippen molar-refractivity contribution in [3.8, 4) is 22.3 Å². The number of aliphatic hydroxyl groups excluding tert-OH is 1. The fraction of sp³-hybridized carbons (Fsp3) is 0.128. The highest BCUT2D eigenvalue weighted by Gasteiger charge is 2.24. The van der Waals surface area contributed by atoms with E-state index >= 15 is 0 Å². The van der Waals surface area contributed by atoms with Crippen LogP contribution in [0.4, 0.5) is 13.2 Å². The topological polar surface area (TPSA) is 145 Å². The lowest BCUT2D eigenvalue weighted by atomic mass is 9.96. The van der Waals surface area contributed by atoms with Gasteiger partial charge in [-0.05, 0) is 95.4 Å². The van der Waals surface area contributed by atoms with E-state index in [0.717, 1.165) is 11.1 Å². The van der Waals surface area contributed by atoms with Crippen LogP contribution in [0.2, 0.25) is 0 Å². The number of aryl methyl sites for hydroxylation is 2. The van der Waals surface area contributed by atoms with Crippen LogP contribution in [0.5, 0.6) is 0 Å². The second-order valence-corrected chi connectivity index (χ2v) is 14.4. The number of fused-ring (bicyclic) bond motifs is 3. The van der Waals surface area contributed by atoms with E-state index in [1.165, 1.54) is 75.4 Å². The molecule has 0 saturated heterocycles. The molecule has 9 nitrogen and oxygen atoms in total. The van der Waals surface area contributed by atoms with Gasteiger partial charge in [0.15, 0.2) is 23.1 Å². The third-order valence-electron chi connectivity index (χ3n) is 9.43. The largest absolute Gasteiger partial charge is 0.457 e. The van der Waals surface area contributed by atoms with Gasteiger partial charge in [-0.3, -0.25) is 24.0 Å². The van der Waals surface area contributed by atoms with E-state index in [0.29, 0.717) is 11.1 Å². The second kappa shape index (κ2) is 17.7. The van der Waals surface area contributed by atoms with Gasteiger partial charge >= 0.3 is 0 Å². The zero-order valence-electron chi connectivity index (χ0n) is 32.6. The summed E-state index contributed by atoms with van der Waals surface area (Å²) in [6.45, 7) is 7.79. The summed E-state index contributed by atoms with van der Waals surface area (Å²) in [5, 5.41) is 9.60. The van der Waals surface area contributed by atoms with Crippen molar-refractivity contribution in [1.29, 1.82) is 0 Å². The predicted molar refractivity (Wildman–Crippen MR) is 226 cm³/mol. The smallest absolute Gasteiger partial charge is 0.210 e. The number of benzene rings is 5. The van der Waals surface area contributed by atoms with Crippen molar-refractivity contribution in [2.45, 2.75) is 40.7 Å². The van der Waals surface area contributed by atoms with Gasteiger partial charge < -0.3 is 18.4 Å². The zero-order chi connectivity index (χ0) is 43.6. The van der Waals surface area contributed by atoms with Crippen LogP contribution in [0.3, 0.4) is 0 Å². The number of carbonyl (C=O) groups is 2. The molecule has 1 atom stereocenters. The number of carbonyl (C=O) groups excluding carboxylic acids is 2. The molecule has 304 valence electrons. The van der Waals surface area contributed by atoms with E-state index in [1.807, 2.05) is 38.1 Å². The number of ketones is 2. The fourth-order valence-electron chi connectivity index (χ4n) is 6.57. The minimum atomic E-state index is -0.977. The summed E-state index contributed by atoms with van der Waals surface area (Å²) in [4.78, 5) is 60.5. The molecule has 1 unspecified atom stereocenters. The Morgan fingerprint density at radius 1 is 0.550 bits per heavy atom. The minimum absolute atomic E-state index is 0.0439. The van der Waals surface area contributed by atoms with Gasteiger partial charge in [0.25, 0.3) is 0 Å². The van der Waals surface area contributed by atoms with Gasteiger partial charge in [0.05, 0.1) is 11.1 Å². The molecule has 1 N–H and O–H groups in total. The SMILES string of the molecule is CC(=O)c1oc2cccc(F)c2c(=O)c1-c1ccccc1C.CC(=O)c1oc2cccc(F)c2c(=O)c1Br.Cc1ccccc1-c1c(C(C)O)oc2cccc(F)c2c1=O. The van der Waals surface area contributed by atoms with E-state index in [1.54, 1.807) is 24.3 Å². The maximum Gasteiger partial charge on any atom is 0.210 e. The van der Waals surface area contributed by atoms with Crippen LogP contribution in [-0.2, 0) is 0 Å². The molecule has 0 aliphatic heterocycles. The molecule has 60 heavy (non-hydrogen) atoms. The van der Waals surface area contributed by atoms with Crippen molar-refractivity contribution in [2.75, 3.05) is 0 Å². The highest BCUT2D eigenvalue weighted by Crippen LogP contribution is 2.32. The average Bonchev–Trinajstić information content (AvgIpc) is 3.20. The molecule has 0 radical (unpaired) electrons. The lowest BCUT2D eigenvalue weighted by Gasteiger charge is -2.14. The lowest BCUT2D eigenvalue weighted by molar-refractivity contribution is 0.0980. The number of Topliss-reactive ketones (excluding diaryl/α,β-unsaturated/α-hetero) is 2. The number of rotatable bonds is 5. The Bertz CT molecular complexity index is 3180. The van der Waals surface area contributed by atoms with Crippen LogP contribution in [0, 0.1) is 31.3 Å². The van der Waals surface area contributed by atoms with Crippen molar-refractivity contribution < 1.29 is 41.1 Å². The molecule has 13 heteroatoms. The first-order chi connectivity index (χ1) is 28.5. The molecule has 0 aliphatic carbocycles. The van der Waals surface area contributed by atoms with E-state index in [2.05, 4.69) is 15.9 Å². The van der Waals surface area contributed by atoms with E-state index in [4.69, 9.17) is 13.3 Å². The third-order valence-corrected chi connectivity index (χ3v) is 10.1. The maximum atomic E-state index is 14.1. The number of hydrogen-bond donors (Lipinski definition) is 1. The summed E-state index contributed by atoms with van der Waals surface area (Å²) in [6, 6.07) is 26.8.